The lowest BCUT2D eigenvalue weighted by Gasteiger charge is -2.07. The number of aromatic hydroxyl groups is 1. The molecular weight excluding hydrogens is 274 g/mol. The quantitative estimate of drug-likeness (QED) is 0.551. The average molecular weight is 291 g/mol. The molecule has 0 saturated carbocycles. The first-order valence-corrected chi connectivity index (χ1v) is 7.07. The van der Waals surface area contributed by atoms with Crippen LogP contribution >= 0.6 is 0 Å². The van der Waals surface area contributed by atoms with Gasteiger partial charge in [-0.05, 0) is 42.3 Å². The van der Waals surface area contributed by atoms with Crippen molar-refractivity contribution in [2.45, 2.75) is 6.42 Å². The van der Waals surface area contributed by atoms with Gasteiger partial charge in [-0.25, -0.2) is 4.68 Å². The van der Waals surface area contributed by atoms with Gasteiger partial charge in [0, 0.05) is 18.0 Å². The Morgan fingerprint density at radius 1 is 1.14 bits per heavy atom. The second-order valence-corrected chi connectivity index (χ2v) is 4.94. The highest BCUT2D eigenvalue weighted by molar-refractivity contribution is 5.59. The molecule has 0 unspecified atom stereocenters. The molecule has 0 radical (unpaired) electrons. The number of aromatic nitrogens is 2. The SMILES string of the molecule is C=CCc1cc(Nc2ccn(-c3ccccc3)n2)ccc1O. The number of phenolic OH excluding ortho intramolecular Hbond substituents is 1. The molecule has 3 aromatic rings. The third-order valence-corrected chi connectivity index (χ3v) is 3.33. The minimum Gasteiger partial charge on any atom is -0.508 e. The minimum absolute atomic E-state index is 0.278. The molecule has 0 aliphatic heterocycles. The van der Waals surface area contributed by atoms with Crippen LogP contribution < -0.4 is 5.32 Å². The Labute approximate surface area is 129 Å². The van der Waals surface area contributed by atoms with E-state index in [4.69, 9.17) is 0 Å². The maximum Gasteiger partial charge on any atom is 0.152 e. The number of hydrogen-bond donors (Lipinski definition) is 2. The van der Waals surface area contributed by atoms with Crippen LogP contribution in [0.3, 0.4) is 0 Å². The second kappa shape index (κ2) is 6.18. The van der Waals surface area contributed by atoms with E-state index < -0.39 is 0 Å². The van der Waals surface area contributed by atoms with Crippen molar-refractivity contribution >= 4 is 11.5 Å². The van der Waals surface area contributed by atoms with Crippen LogP contribution in [-0.2, 0) is 6.42 Å². The average Bonchev–Trinajstić information content (AvgIpc) is 3.00. The molecule has 0 atom stereocenters. The Kier molecular flexibility index (Phi) is 3.92. The molecule has 110 valence electrons. The number of nitrogens with zero attached hydrogens (tertiary/aromatic N) is 2. The van der Waals surface area contributed by atoms with Crippen LogP contribution in [0.15, 0.2) is 73.4 Å². The summed E-state index contributed by atoms with van der Waals surface area (Å²) < 4.78 is 1.81. The van der Waals surface area contributed by atoms with Crippen LogP contribution in [0, 0.1) is 0 Å². The van der Waals surface area contributed by atoms with Gasteiger partial charge in [-0.2, -0.15) is 5.10 Å². The van der Waals surface area contributed by atoms with Gasteiger partial charge < -0.3 is 10.4 Å². The largest absolute Gasteiger partial charge is 0.508 e. The monoisotopic (exact) mass is 291 g/mol. The van der Waals surface area contributed by atoms with E-state index in [1.165, 1.54) is 0 Å². The number of phenols is 1. The lowest BCUT2D eigenvalue weighted by molar-refractivity contribution is 0.470. The molecule has 0 spiro atoms. The van der Waals surface area contributed by atoms with Crippen molar-refractivity contribution in [1.82, 2.24) is 9.78 Å². The maximum absolute atomic E-state index is 9.79. The predicted octanol–water partition coefficient (Wildman–Crippen LogP) is 4.05. The topological polar surface area (TPSA) is 50.1 Å². The summed E-state index contributed by atoms with van der Waals surface area (Å²) in [6.07, 6.45) is 4.30. The Morgan fingerprint density at radius 2 is 1.95 bits per heavy atom. The summed E-state index contributed by atoms with van der Waals surface area (Å²) in [7, 11) is 0. The number of benzene rings is 2. The normalized spacial score (nSPS) is 10.4. The number of rotatable bonds is 5. The van der Waals surface area contributed by atoms with Gasteiger partial charge >= 0.3 is 0 Å². The van der Waals surface area contributed by atoms with E-state index in [0.717, 1.165) is 22.8 Å². The molecule has 0 bridgehead atoms. The molecule has 2 aromatic carbocycles. The van der Waals surface area contributed by atoms with Crippen LogP contribution in [0.5, 0.6) is 5.75 Å². The maximum atomic E-state index is 9.79. The number of allylic oxidation sites excluding steroid dienone is 1. The van der Waals surface area contributed by atoms with Gasteiger partial charge in [-0.1, -0.05) is 24.3 Å². The summed E-state index contributed by atoms with van der Waals surface area (Å²) in [5, 5.41) is 17.5. The first-order valence-electron chi connectivity index (χ1n) is 7.07. The van der Waals surface area contributed by atoms with Crippen molar-refractivity contribution in [3.05, 3.63) is 79.0 Å². The van der Waals surface area contributed by atoms with E-state index in [-0.39, 0.29) is 5.75 Å². The molecule has 0 aliphatic rings. The van der Waals surface area contributed by atoms with Gasteiger partial charge in [-0.3, -0.25) is 0 Å². The number of hydrogen-bond acceptors (Lipinski definition) is 3. The zero-order valence-electron chi connectivity index (χ0n) is 12.1. The Balaban J connectivity index is 1.81. The molecule has 4 nitrogen and oxygen atoms in total. The fourth-order valence-corrected chi connectivity index (χ4v) is 2.25. The number of para-hydroxylation sites is 1. The summed E-state index contributed by atoms with van der Waals surface area (Å²) in [5.74, 6) is 1.03. The molecule has 1 heterocycles. The lowest BCUT2D eigenvalue weighted by atomic mass is 10.1. The van der Waals surface area contributed by atoms with Crippen molar-refractivity contribution in [3.8, 4) is 11.4 Å². The van der Waals surface area contributed by atoms with Gasteiger partial charge in [-0.15, -0.1) is 6.58 Å². The third-order valence-electron chi connectivity index (χ3n) is 3.33. The Morgan fingerprint density at radius 3 is 2.73 bits per heavy atom. The van der Waals surface area contributed by atoms with Crippen molar-refractivity contribution in [2.75, 3.05) is 5.32 Å². The summed E-state index contributed by atoms with van der Waals surface area (Å²) in [6.45, 7) is 3.70. The molecule has 3 rings (SSSR count). The highest BCUT2D eigenvalue weighted by Crippen LogP contribution is 2.24. The Hall–Kier alpha value is -3.01. The highest BCUT2D eigenvalue weighted by atomic mass is 16.3. The van der Waals surface area contributed by atoms with Crippen molar-refractivity contribution in [1.29, 1.82) is 0 Å². The molecule has 0 saturated heterocycles. The minimum atomic E-state index is 0.278. The summed E-state index contributed by atoms with van der Waals surface area (Å²) in [5.41, 5.74) is 2.73. The molecule has 0 aliphatic carbocycles. The number of nitrogens with one attached hydrogen (secondary N) is 1. The lowest BCUT2D eigenvalue weighted by Crippen LogP contribution is -1.97. The standard InChI is InChI=1S/C18H17N3O/c1-2-6-14-13-15(9-10-17(14)22)19-18-11-12-21(20-18)16-7-4-3-5-8-16/h2-5,7-13,22H,1,6H2,(H,19,20). The molecule has 1 aromatic heterocycles. The van der Waals surface area contributed by atoms with E-state index >= 15 is 0 Å². The summed E-state index contributed by atoms with van der Waals surface area (Å²) >= 11 is 0. The van der Waals surface area contributed by atoms with Gasteiger partial charge in [0.2, 0.25) is 0 Å². The number of anilines is 2. The van der Waals surface area contributed by atoms with Gasteiger partial charge in [0.25, 0.3) is 0 Å². The van der Waals surface area contributed by atoms with Gasteiger partial charge in [0.1, 0.15) is 5.75 Å². The first-order chi connectivity index (χ1) is 10.8. The van der Waals surface area contributed by atoms with E-state index in [1.54, 1.807) is 12.1 Å². The van der Waals surface area contributed by atoms with Crippen LogP contribution in [-0.4, -0.2) is 14.9 Å². The fourth-order valence-electron chi connectivity index (χ4n) is 2.25. The first kappa shape index (κ1) is 13.9. The summed E-state index contributed by atoms with van der Waals surface area (Å²) in [6, 6.07) is 17.2. The van der Waals surface area contributed by atoms with E-state index in [0.29, 0.717) is 6.42 Å². The van der Waals surface area contributed by atoms with Crippen molar-refractivity contribution in [2.24, 2.45) is 0 Å². The van der Waals surface area contributed by atoms with Crippen LogP contribution in [0.4, 0.5) is 11.5 Å². The van der Waals surface area contributed by atoms with Crippen molar-refractivity contribution < 1.29 is 5.11 Å². The van der Waals surface area contributed by atoms with Crippen molar-refractivity contribution in [3.63, 3.8) is 0 Å². The van der Waals surface area contributed by atoms with Crippen LogP contribution in [0.25, 0.3) is 5.69 Å². The smallest absolute Gasteiger partial charge is 0.152 e. The van der Waals surface area contributed by atoms with E-state index in [9.17, 15) is 5.11 Å². The van der Waals surface area contributed by atoms with Crippen LogP contribution in [0.2, 0.25) is 0 Å². The molecule has 0 fully saturated rings. The molecule has 2 N–H and O–H groups in total. The highest BCUT2D eigenvalue weighted by Gasteiger charge is 2.04. The zero-order valence-corrected chi connectivity index (χ0v) is 12.1. The second-order valence-electron chi connectivity index (χ2n) is 4.94. The van der Waals surface area contributed by atoms with E-state index in [1.807, 2.05) is 59.4 Å². The van der Waals surface area contributed by atoms with Gasteiger partial charge in [0.15, 0.2) is 5.82 Å². The zero-order chi connectivity index (χ0) is 15.4. The Bertz CT molecular complexity index is 778. The predicted molar refractivity (Wildman–Crippen MR) is 88.9 cm³/mol. The van der Waals surface area contributed by atoms with Crippen LogP contribution in [0.1, 0.15) is 5.56 Å². The molecule has 4 heteroatoms. The fraction of sp³-hybridized carbons (Fsp3) is 0.0556. The van der Waals surface area contributed by atoms with E-state index in [2.05, 4.69) is 17.0 Å². The van der Waals surface area contributed by atoms with Gasteiger partial charge in [0.05, 0.1) is 5.69 Å². The molecular formula is C18H17N3O. The molecule has 0 amide bonds. The third kappa shape index (κ3) is 3.01. The summed E-state index contributed by atoms with van der Waals surface area (Å²) in [4.78, 5) is 0. The molecule has 22 heavy (non-hydrogen) atoms.